The van der Waals surface area contributed by atoms with Crippen LogP contribution < -0.4 is 14.8 Å². The number of amides is 1. The van der Waals surface area contributed by atoms with Crippen molar-refractivity contribution >= 4 is 21.7 Å². The molecule has 0 saturated heterocycles. The lowest BCUT2D eigenvalue weighted by Gasteiger charge is -2.24. The number of rotatable bonds is 4. The molecule has 9 nitrogen and oxygen atoms in total. The molecule has 0 radical (unpaired) electrons. The lowest BCUT2D eigenvalue weighted by atomic mass is 10.1. The number of H-pyrrole nitrogens is 1. The van der Waals surface area contributed by atoms with E-state index in [-0.39, 0.29) is 18.9 Å². The molecular formula is C17H20N4O5S. The molecule has 27 heavy (non-hydrogen) atoms. The van der Waals surface area contributed by atoms with Gasteiger partial charge in [-0.3, -0.25) is 9.89 Å². The fourth-order valence-electron chi connectivity index (χ4n) is 3.24. The van der Waals surface area contributed by atoms with Crippen molar-refractivity contribution in [2.75, 3.05) is 31.3 Å². The Kier molecular flexibility index (Phi) is 4.52. The van der Waals surface area contributed by atoms with E-state index in [0.717, 1.165) is 11.1 Å². The Balaban J connectivity index is 1.43. The molecule has 1 aromatic carbocycles. The van der Waals surface area contributed by atoms with Crippen molar-refractivity contribution in [1.82, 2.24) is 14.5 Å². The fraction of sp³-hybridized carbons (Fsp3) is 0.412. The van der Waals surface area contributed by atoms with Crippen LogP contribution in [0.1, 0.15) is 16.8 Å². The van der Waals surface area contributed by atoms with Gasteiger partial charge in [-0.2, -0.15) is 9.40 Å². The van der Waals surface area contributed by atoms with Gasteiger partial charge in [0.15, 0.2) is 17.3 Å². The second-order valence-electron chi connectivity index (χ2n) is 6.58. The third kappa shape index (κ3) is 3.76. The summed E-state index contributed by atoms with van der Waals surface area (Å²) in [5.74, 6) is 1.58. The lowest BCUT2D eigenvalue weighted by molar-refractivity contribution is -0.115. The Morgan fingerprint density at radius 3 is 2.85 bits per heavy atom. The van der Waals surface area contributed by atoms with E-state index in [0.29, 0.717) is 49.2 Å². The van der Waals surface area contributed by atoms with Gasteiger partial charge < -0.3 is 14.8 Å². The SMILES string of the molecule is CS(=O)(=O)N1CCc2c(NC(=O)Cc3ccc4c(c3)OCCO4)n[nH]c2C1. The van der Waals surface area contributed by atoms with E-state index in [1.807, 2.05) is 6.07 Å². The third-order valence-corrected chi connectivity index (χ3v) is 5.85. The van der Waals surface area contributed by atoms with Crippen molar-refractivity contribution in [2.45, 2.75) is 19.4 Å². The van der Waals surface area contributed by atoms with E-state index < -0.39 is 10.0 Å². The minimum Gasteiger partial charge on any atom is -0.486 e. The summed E-state index contributed by atoms with van der Waals surface area (Å²) in [6.45, 7) is 1.62. The van der Waals surface area contributed by atoms with Crippen molar-refractivity contribution < 1.29 is 22.7 Å². The van der Waals surface area contributed by atoms with Gasteiger partial charge in [0.05, 0.1) is 24.9 Å². The maximum atomic E-state index is 12.4. The molecule has 144 valence electrons. The zero-order valence-electron chi connectivity index (χ0n) is 14.8. The topological polar surface area (TPSA) is 114 Å². The first kappa shape index (κ1) is 17.8. The van der Waals surface area contributed by atoms with Crippen molar-refractivity contribution in [2.24, 2.45) is 0 Å². The summed E-state index contributed by atoms with van der Waals surface area (Å²) in [6.07, 6.45) is 1.86. The third-order valence-electron chi connectivity index (χ3n) is 4.60. The standard InChI is InChI=1S/C17H20N4O5S/c1-27(23,24)21-5-4-12-13(10-21)19-20-17(12)18-16(22)9-11-2-3-14-15(8-11)26-7-6-25-14/h2-3,8H,4-7,9-10H2,1H3,(H2,18,19,20,22). The zero-order chi connectivity index (χ0) is 19.0. The highest BCUT2D eigenvalue weighted by Gasteiger charge is 2.27. The number of nitrogens with one attached hydrogen (secondary N) is 2. The predicted octanol–water partition coefficient (Wildman–Crippen LogP) is 0.680. The van der Waals surface area contributed by atoms with Crippen LogP contribution in [0.2, 0.25) is 0 Å². The van der Waals surface area contributed by atoms with Crippen LogP contribution in [-0.2, 0) is 34.2 Å². The monoisotopic (exact) mass is 392 g/mol. The van der Waals surface area contributed by atoms with Crippen LogP contribution in [0.4, 0.5) is 5.82 Å². The van der Waals surface area contributed by atoms with Crippen LogP contribution in [0.3, 0.4) is 0 Å². The van der Waals surface area contributed by atoms with Crippen LogP contribution in [0.25, 0.3) is 0 Å². The number of hydrogen-bond donors (Lipinski definition) is 2. The normalized spacial score (nSPS) is 16.6. The first-order valence-electron chi connectivity index (χ1n) is 8.60. The van der Waals surface area contributed by atoms with Gasteiger partial charge in [-0.25, -0.2) is 8.42 Å². The molecule has 2 aliphatic heterocycles. The molecule has 2 aromatic rings. The highest BCUT2D eigenvalue weighted by Crippen LogP contribution is 2.31. The second kappa shape index (κ2) is 6.86. The summed E-state index contributed by atoms with van der Waals surface area (Å²) >= 11 is 0. The molecule has 0 bridgehead atoms. The average Bonchev–Trinajstić information content (AvgIpc) is 3.03. The van der Waals surface area contributed by atoms with Gasteiger partial charge >= 0.3 is 0 Å². The molecule has 1 amide bonds. The van der Waals surface area contributed by atoms with Crippen LogP contribution in [0, 0.1) is 0 Å². The van der Waals surface area contributed by atoms with E-state index in [4.69, 9.17) is 9.47 Å². The average molecular weight is 392 g/mol. The molecule has 0 fully saturated rings. The summed E-state index contributed by atoms with van der Waals surface area (Å²) in [4.78, 5) is 12.4. The molecule has 0 spiro atoms. The lowest BCUT2D eigenvalue weighted by Crippen LogP contribution is -2.35. The summed E-state index contributed by atoms with van der Waals surface area (Å²) in [6, 6.07) is 5.43. The van der Waals surface area contributed by atoms with Gasteiger partial charge in [-0.1, -0.05) is 6.07 Å². The van der Waals surface area contributed by atoms with E-state index in [1.54, 1.807) is 12.1 Å². The first-order chi connectivity index (χ1) is 12.9. The molecule has 0 unspecified atom stereocenters. The van der Waals surface area contributed by atoms with Crippen molar-refractivity contribution in [3.8, 4) is 11.5 Å². The summed E-state index contributed by atoms with van der Waals surface area (Å²) < 4.78 is 35.8. The minimum absolute atomic E-state index is 0.174. The molecule has 0 atom stereocenters. The van der Waals surface area contributed by atoms with Gasteiger partial charge in [0, 0.05) is 12.1 Å². The number of anilines is 1. The minimum atomic E-state index is -3.25. The fourth-order valence-corrected chi connectivity index (χ4v) is 4.03. The van der Waals surface area contributed by atoms with Crippen molar-refractivity contribution in [3.63, 3.8) is 0 Å². The second-order valence-corrected chi connectivity index (χ2v) is 8.56. The summed E-state index contributed by atoms with van der Waals surface area (Å²) in [5.41, 5.74) is 2.37. The van der Waals surface area contributed by atoms with Gasteiger partial charge in [-0.15, -0.1) is 0 Å². The highest BCUT2D eigenvalue weighted by atomic mass is 32.2. The summed E-state index contributed by atoms with van der Waals surface area (Å²) in [5, 5.41) is 9.78. The molecule has 2 aliphatic rings. The predicted molar refractivity (Wildman–Crippen MR) is 97.3 cm³/mol. The largest absolute Gasteiger partial charge is 0.486 e. The number of benzene rings is 1. The molecule has 0 aliphatic carbocycles. The Bertz CT molecular complexity index is 985. The van der Waals surface area contributed by atoms with Crippen LogP contribution in [0.15, 0.2) is 18.2 Å². The first-order valence-corrected chi connectivity index (χ1v) is 10.4. The van der Waals surface area contributed by atoms with Gasteiger partial charge in [-0.05, 0) is 24.1 Å². The number of ether oxygens (including phenoxy) is 2. The Hall–Kier alpha value is -2.59. The number of fused-ring (bicyclic) bond motifs is 2. The summed E-state index contributed by atoms with van der Waals surface area (Å²) in [7, 11) is -3.25. The van der Waals surface area contributed by atoms with Crippen LogP contribution in [-0.4, -0.2) is 54.8 Å². The highest BCUT2D eigenvalue weighted by molar-refractivity contribution is 7.88. The van der Waals surface area contributed by atoms with Crippen LogP contribution in [0.5, 0.6) is 11.5 Å². The molecule has 4 rings (SSSR count). The van der Waals surface area contributed by atoms with Crippen LogP contribution >= 0.6 is 0 Å². The zero-order valence-corrected chi connectivity index (χ0v) is 15.6. The van der Waals surface area contributed by atoms with Gasteiger partial charge in [0.1, 0.15) is 13.2 Å². The molecule has 10 heteroatoms. The Morgan fingerprint density at radius 1 is 1.30 bits per heavy atom. The van der Waals surface area contributed by atoms with Gasteiger partial charge in [0.2, 0.25) is 15.9 Å². The number of aromatic amines is 1. The van der Waals surface area contributed by atoms with E-state index in [9.17, 15) is 13.2 Å². The molecule has 3 heterocycles. The molecule has 0 saturated carbocycles. The number of hydrogen-bond acceptors (Lipinski definition) is 6. The van der Waals surface area contributed by atoms with Crippen molar-refractivity contribution in [1.29, 1.82) is 0 Å². The number of nitrogens with zero attached hydrogens (tertiary/aromatic N) is 2. The van der Waals surface area contributed by atoms with E-state index >= 15 is 0 Å². The number of aromatic nitrogens is 2. The van der Waals surface area contributed by atoms with Crippen molar-refractivity contribution in [3.05, 3.63) is 35.0 Å². The Morgan fingerprint density at radius 2 is 2.07 bits per heavy atom. The van der Waals surface area contributed by atoms with E-state index in [2.05, 4.69) is 15.5 Å². The molecule has 1 aromatic heterocycles. The maximum Gasteiger partial charge on any atom is 0.230 e. The van der Waals surface area contributed by atoms with E-state index in [1.165, 1.54) is 10.6 Å². The number of carbonyl (C=O) groups excluding carboxylic acids is 1. The maximum absolute atomic E-state index is 12.4. The molecular weight excluding hydrogens is 372 g/mol. The number of carbonyl (C=O) groups is 1. The molecule has 2 N–H and O–H groups in total. The Labute approximate surface area is 156 Å². The number of sulfonamides is 1. The smallest absolute Gasteiger partial charge is 0.230 e. The quantitative estimate of drug-likeness (QED) is 0.791. The van der Waals surface area contributed by atoms with Gasteiger partial charge in [0.25, 0.3) is 0 Å².